The van der Waals surface area contributed by atoms with Crippen LogP contribution >= 0.6 is 0 Å². The van der Waals surface area contributed by atoms with Crippen molar-refractivity contribution in [1.82, 2.24) is 5.06 Å². The normalized spacial score (nSPS) is 19.6. The number of piperidine rings is 1. The quantitative estimate of drug-likeness (QED) is 0.507. The van der Waals surface area contributed by atoms with Gasteiger partial charge in [0.1, 0.15) is 6.10 Å². The Balaban J connectivity index is 1.72. The minimum absolute atomic E-state index is 0.00466. The molecule has 156 valence electrons. The largest absolute Gasteiger partial charge is 0.374 e. The summed E-state index contributed by atoms with van der Waals surface area (Å²) in [5.41, 5.74) is 3.41. The summed E-state index contributed by atoms with van der Waals surface area (Å²) in [6.45, 7) is 14.0. The Morgan fingerprint density at radius 1 is 0.966 bits per heavy atom. The fourth-order valence-corrected chi connectivity index (χ4v) is 4.28. The molecule has 1 aliphatic heterocycles. The highest BCUT2D eigenvalue weighted by molar-refractivity contribution is 5.47. The van der Waals surface area contributed by atoms with Crippen LogP contribution in [0.4, 0.5) is 0 Å². The molecule has 1 unspecified atom stereocenters. The maximum absolute atomic E-state index is 6.68. The van der Waals surface area contributed by atoms with Crippen molar-refractivity contribution < 1.29 is 9.57 Å². The summed E-state index contributed by atoms with van der Waals surface area (Å²) in [5.74, 6) is 0. The van der Waals surface area contributed by atoms with E-state index in [1.165, 1.54) is 6.42 Å². The third-order valence-electron chi connectivity index (χ3n) is 5.83. The number of hydrogen-bond acceptors (Lipinski definition) is 3. The molecule has 0 N–H and O–H groups in total. The monoisotopic (exact) mass is 393 g/mol. The Bertz CT molecular complexity index is 764. The molecule has 1 fully saturated rings. The van der Waals surface area contributed by atoms with E-state index in [9.17, 15) is 0 Å². The molecule has 0 saturated carbocycles. The van der Waals surface area contributed by atoms with Gasteiger partial charge in [0.2, 0.25) is 0 Å². The molecule has 2 aromatic rings. The summed E-state index contributed by atoms with van der Waals surface area (Å²) in [6.07, 6.45) is 5.21. The fraction of sp³-hybridized carbons (Fsp3) is 0.462. The van der Waals surface area contributed by atoms with Crippen LogP contribution in [0.15, 0.2) is 61.2 Å². The third kappa shape index (κ3) is 5.57. The van der Waals surface area contributed by atoms with Crippen LogP contribution in [0.2, 0.25) is 0 Å². The van der Waals surface area contributed by atoms with Gasteiger partial charge in [-0.15, -0.1) is 0 Å². The van der Waals surface area contributed by atoms with Crippen molar-refractivity contribution >= 4 is 6.08 Å². The molecule has 3 nitrogen and oxygen atoms in total. The average Bonchev–Trinajstić information content (AvgIpc) is 2.70. The molecule has 3 heteroatoms. The van der Waals surface area contributed by atoms with Crippen LogP contribution in [-0.4, -0.2) is 22.7 Å². The van der Waals surface area contributed by atoms with Crippen LogP contribution in [0.5, 0.6) is 0 Å². The van der Waals surface area contributed by atoms with Gasteiger partial charge in [0.05, 0.1) is 13.2 Å². The standard InChI is InChI=1S/C26H35NO2/c1-6-21-13-15-22(16-14-21)19-28-20-24(23-11-8-7-9-12-23)29-27-25(2,3)17-10-18-26(27,4)5/h6-9,11-16,24H,1,10,17-20H2,2-5H3. The van der Waals surface area contributed by atoms with Crippen molar-refractivity contribution in [2.24, 2.45) is 0 Å². The van der Waals surface area contributed by atoms with E-state index in [4.69, 9.17) is 9.57 Å². The Hall–Kier alpha value is -1.94. The van der Waals surface area contributed by atoms with Gasteiger partial charge in [-0.05, 0) is 63.6 Å². The molecule has 0 radical (unpaired) electrons. The van der Waals surface area contributed by atoms with Crippen molar-refractivity contribution in [2.45, 2.75) is 70.7 Å². The van der Waals surface area contributed by atoms with E-state index in [1.54, 1.807) is 0 Å². The summed E-state index contributed by atoms with van der Waals surface area (Å²) in [7, 11) is 0. The maximum Gasteiger partial charge on any atom is 0.128 e. The Morgan fingerprint density at radius 3 is 2.17 bits per heavy atom. The highest BCUT2D eigenvalue weighted by Gasteiger charge is 2.43. The number of benzene rings is 2. The molecule has 0 bridgehead atoms. The second-order valence-electron chi connectivity index (χ2n) is 9.24. The predicted molar refractivity (Wildman–Crippen MR) is 120 cm³/mol. The Morgan fingerprint density at radius 2 is 1.59 bits per heavy atom. The summed E-state index contributed by atoms with van der Waals surface area (Å²) in [4.78, 5) is 6.68. The fourth-order valence-electron chi connectivity index (χ4n) is 4.28. The van der Waals surface area contributed by atoms with Crippen LogP contribution in [0, 0.1) is 0 Å². The van der Waals surface area contributed by atoms with E-state index in [0.717, 1.165) is 29.5 Å². The summed E-state index contributed by atoms with van der Waals surface area (Å²) in [6, 6.07) is 18.7. The van der Waals surface area contributed by atoms with Gasteiger partial charge >= 0.3 is 0 Å². The number of rotatable bonds is 8. The molecule has 1 aliphatic rings. The van der Waals surface area contributed by atoms with Crippen molar-refractivity contribution in [3.8, 4) is 0 Å². The van der Waals surface area contributed by atoms with Crippen LogP contribution in [-0.2, 0) is 16.2 Å². The molecule has 3 rings (SSSR count). The molecule has 1 atom stereocenters. The molecular formula is C26H35NO2. The Kier molecular flexibility index (Phi) is 6.94. The molecule has 1 heterocycles. The molecule has 0 spiro atoms. The zero-order chi connectivity index (χ0) is 20.9. The van der Waals surface area contributed by atoms with E-state index in [1.807, 2.05) is 12.1 Å². The first-order chi connectivity index (χ1) is 13.8. The lowest BCUT2D eigenvalue weighted by Crippen LogP contribution is -2.58. The van der Waals surface area contributed by atoms with Gasteiger partial charge in [-0.25, -0.2) is 0 Å². The SMILES string of the molecule is C=Cc1ccc(COCC(ON2C(C)(C)CCCC2(C)C)c2ccccc2)cc1. The number of hydroxylamine groups is 2. The second-order valence-corrected chi connectivity index (χ2v) is 9.24. The molecule has 0 aliphatic carbocycles. The van der Waals surface area contributed by atoms with Crippen LogP contribution in [0.25, 0.3) is 6.08 Å². The smallest absolute Gasteiger partial charge is 0.128 e. The van der Waals surface area contributed by atoms with Crippen LogP contribution in [0.1, 0.15) is 69.8 Å². The number of nitrogens with zero attached hydrogens (tertiary/aromatic N) is 1. The highest BCUT2D eigenvalue weighted by Crippen LogP contribution is 2.40. The summed E-state index contributed by atoms with van der Waals surface area (Å²) in [5, 5.41) is 2.23. The lowest BCUT2D eigenvalue weighted by molar-refractivity contribution is -0.313. The average molecular weight is 394 g/mol. The second kappa shape index (κ2) is 9.25. The van der Waals surface area contributed by atoms with Crippen molar-refractivity contribution in [1.29, 1.82) is 0 Å². The molecule has 0 amide bonds. The van der Waals surface area contributed by atoms with Gasteiger partial charge in [-0.2, -0.15) is 5.06 Å². The van der Waals surface area contributed by atoms with Gasteiger partial charge in [-0.3, -0.25) is 4.84 Å². The number of hydrogen-bond donors (Lipinski definition) is 0. The zero-order valence-electron chi connectivity index (χ0n) is 18.4. The molecule has 2 aromatic carbocycles. The van der Waals surface area contributed by atoms with Crippen LogP contribution in [0.3, 0.4) is 0 Å². The molecule has 1 saturated heterocycles. The highest BCUT2D eigenvalue weighted by atomic mass is 16.7. The first-order valence-corrected chi connectivity index (χ1v) is 10.6. The summed E-state index contributed by atoms with van der Waals surface area (Å²) < 4.78 is 6.11. The first-order valence-electron chi connectivity index (χ1n) is 10.6. The maximum atomic E-state index is 6.68. The third-order valence-corrected chi connectivity index (χ3v) is 5.83. The lowest BCUT2D eigenvalue weighted by Gasteiger charge is -2.52. The topological polar surface area (TPSA) is 21.7 Å². The molecular weight excluding hydrogens is 358 g/mol. The zero-order valence-corrected chi connectivity index (χ0v) is 18.4. The molecule has 0 aromatic heterocycles. The van der Waals surface area contributed by atoms with Crippen molar-refractivity contribution in [3.63, 3.8) is 0 Å². The Labute approximate surface area is 176 Å². The van der Waals surface area contributed by atoms with E-state index >= 15 is 0 Å². The minimum Gasteiger partial charge on any atom is -0.374 e. The minimum atomic E-state index is -0.139. The summed E-state index contributed by atoms with van der Waals surface area (Å²) >= 11 is 0. The first kappa shape index (κ1) is 21.8. The van der Waals surface area contributed by atoms with Gasteiger partial charge < -0.3 is 4.74 Å². The number of ether oxygens (including phenoxy) is 1. The van der Waals surface area contributed by atoms with Gasteiger partial charge in [-0.1, -0.05) is 67.3 Å². The van der Waals surface area contributed by atoms with Crippen LogP contribution < -0.4 is 0 Å². The van der Waals surface area contributed by atoms with Gasteiger partial charge in [0.25, 0.3) is 0 Å². The van der Waals surface area contributed by atoms with Gasteiger partial charge in [0.15, 0.2) is 0 Å². The predicted octanol–water partition coefficient (Wildman–Crippen LogP) is 6.56. The van der Waals surface area contributed by atoms with E-state index < -0.39 is 0 Å². The molecule has 29 heavy (non-hydrogen) atoms. The lowest BCUT2D eigenvalue weighted by atomic mass is 9.82. The van der Waals surface area contributed by atoms with Gasteiger partial charge in [0, 0.05) is 11.1 Å². The van der Waals surface area contributed by atoms with E-state index in [2.05, 4.69) is 87.9 Å². The van der Waals surface area contributed by atoms with E-state index in [0.29, 0.717) is 13.2 Å². The van der Waals surface area contributed by atoms with Crippen molar-refractivity contribution in [2.75, 3.05) is 6.61 Å². The van der Waals surface area contributed by atoms with Crippen molar-refractivity contribution in [3.05, 3.63) is 77.9 Å². The van der Waals surface area contributed by atoms with E-state index in [-0.39, 0.29) is 17.2 Å².